The molecule has 27 heavy (non-hydrogen) atoms. The van der Waals surface area contributed by atoms with Crippen molar-refractivity contribution in [2.45, 2.75) is 31.7 Å². The monoisotopic (exact) mass is 368 g/mol. The maximum Gasteiger partial charge on any atom is 0.329 e. The van der Waals surface area contributed by atoms with Crippen molar-refractivity contribution < 1.29 is 14.6 Å². The number of hydrogen-bond donors (Lipinski definition) is 2. The first kappa shape index (κ1) is 19.2. The minimum Gasteiger partial charge on any atom is -0.494 e. The molecular formula is C22H28N2O3. The van der Waals surface area contributed by atoms with Crippen molar-refractivity contribution in [1.82, 2.24) is 4.90 Å². The number of carboxylic acid groups (broad SMARTS) is 1. The molecule has 1 aliphatic heterocycles. The average molecular weight is 368 g/mol. The summed E-state index contributed by atoms with van der Waals surface area (Å²) in [5.41, 5.74) is 1.18. The van der Waals surface area contributed by atoms with Gasteiger partial charge in [-0.05, 0) is 49.9 Å². The number of ether oxygens (including phenoxy) is 1. The largest absolute Gasteiger partial charge is 0.494 e. The van der Waals surface area contributed by atoms with E-state index >= 15 is 0 Å². The van der Waals surface area contributed by atoms with E-state index in [1.54, 1.807) is 0 Å². The number of hydrogen-bond acceptors (Lipinski definition) is 4. The van der Waals surface area contributed by atoms with Crippen molar-refractivity contribution in [2.24, 2.45) is 0 Å². The second kappa shape index (κ2) is 8.91. The van der Waals surface area contributed by atoms with Gasteiger partial charge in [0.1, 0.15) is 11.3 Å². The number of anilines is 1. The normalized spacial score (nSPS) is 16.6. The van der Waals surface area contributed by atoms with Crippen LogP contribution in [0.4, 0.5) is 5.69 Å². The quantitative estimate of drug-likeness (QED) is 0.745. The molecule has 2 N–H and O–H groups in total. The maximum atomic E-state index is 12.0. The molecule has 0 aliphatic carbocycles. The van der Waals surface area contributed by atoms with Crippen LogP contribution in [0, 0.1) is 0 Å². The van der Waals surface area contributed by atoms with Crippen LogP contribution in [0.5, 0.6) is 5.75 Å². The summed E-state index contributed by atoms with van der Waals surface area (Å²) in [5.74, 6) is 0.176. The van der Waals surface area contributed by atoms with Crippen LogP contribution >= 0.6 is 0 Å². The van der Waals surface area contributed by atoms with Crippen LogP contribution in [-0.4, -0.2) is 47.8 Å². The molecular weight excluding hydrogens is 340 g/mol. The lowest BCUT2D eigenvalue weighted by atomic mass is 9.87. The van der Waals surface area contributed by atoms with Gasteiger partial charge >= 0.3 is 5.97 Å². The van der Waals surface area contributed by atoms with Crippen LogP contribution in [0.15, 0.2) is 54.6 Å². The van der Waals surface area contributed by atoms with Gasteiger partial charge in [-0.3, -0.25) is 0 Å². The molecule has 5 nitrogen and oxygen atoms in total. The van der Waals surface area contributed by atoms with Gasteiger partial charge in [-0.25, -0.2) is 4.79 Å². The van der Waals surface area contributed by atoms with Gasteiger partial charge in [0, 0.05) is 25.3 Å². The molecule has 0 saturated carbocycles. The third kappa shape index (κ3) is 4.80. The van der Waals surface area contributed by atoms with Crippen LogP contribution < -0.4 is 10.1 Å². The van der Waals surface area contributed by atoms with Crippen LogP contribution in [0.25, 0.3) is 0 Å². The van der Waals surface area contributed by atoms with Crippen molar-refractivity contribution in [3.8, 4) is 5.75 Å². The lowest BCUT2D eigenvalue weighted by molar-refractivity contribution is -0.144. The van der Waals surface area contributed by atoms with Gasteiger partial charge in [-0.15, -0.1) is 0 Å². The van der Waals surface area contributed by atoms with Gasteiger partial charge in [-0.2, -0.15) is 0 Å². The van der Waals surface area contributed by atoms with E-state index in [9.17, 15) is 9.90 Å². The first-order valence-corrected chi connectivity index (χ1v) is 9.63. The number of likely N-dealkylation sites (tertiary alicyclic amines) is 1. The average Bonchev–Trinajstić information content (AvgIpc) is 2.69. The number of rotatable bonds is 8. The fourth-order valence-electron chi connectivity index (χ4n) is 3.63. The summed E-state index contributed by atoms with van der Waals surface area (Å²) >= 11 is 0. The van der Waals surface area contributed by atoms with Gasteiger partial charge in [0.25, 0.3) is 0 Å². The van der Waals surface area contributed by atoms with Crippen molar-refractivity contribution in [1.29, 1.82) is 0 Å². The predicted molar refractivity (Wildman–Crippen MR) is 107 cm³/mol. The van der Waals surface area contributed by atoms with E-state index in [-0.39, 0.29) is 0 Å². The molecule has 0 bridgehead atoms. The Kier molecular flexibility index (Phi) is 6.35. The number of para-hydroxylation sites is 2. The second-order valence-corrected chi connectivity index (χ2v) is 7.01. The highest BCUT2D eigenvalue weighted by Gasteiger charge is 2.41. The summed E-state index contributed by atoms with van der Waals surface area (Å²) in [4.78, 5) is 14.3. The molecule has 0 atom stereocenters. The highest BCUT2D eigenvalue weighted by atomic mass is 16.5. The summed E-state index contributed by atoms with van der Waals surface area (Å²) in [5, 5.41) is 13.1. The molecule has 0 amide bonds. The minimum atomic E-state index is -0.888. The first-order chi connectivity index (χ1) is 13.1. The standard InChI is InChI=1S/C22H28N2O3/c1-2-27-20-11-7-6-8-18(20)12-15-24-16-13-22(14-17-24,21(25)26)23-19-9-4-3-5-10-19/h3-11,23H,2,12-17H2,1H3,(H,25,26). The van der Waals surface area contributed by atoms with Gasteiger partial charge in [-0.1, -0.05) is 36.4 Å². The fourth-order valence-corrected chi connectivity index (χ4v) is 3.63. The van der Waals surface area contributed by atoms with Crippen molar-refractivity contribution >= 4 is 11.7 Å². The topological polar surface area (TPSA) is 61.8 Å². The molecule has 5 heteroatoms. The summed E-state index contributed by atoms with van der Waals surface area (Å²) in [6.45, 7) is 5.09. The Hall–Kier alpha value is -2.53. The van der Waals surface area contributed by atoms with E-state index in [2.05, 4.69) is 16.3 Å². The van der Waals surface area contributed by atoms with Gasteiger partial charge in [0.2, 0.25) is 0 Å². The van der Waals surface area contributed by atoms with Crippen LogP contribution in [0.1, 0.15) is 25.3 Å². The lowest BCUT2D eigenvalue weighted by Crippen LogP contribution is -2.54. The molecule has 0 spiro atoms. The van der Waals surface area contributed by atoms with Gasteiger partial charge in [0.05, 0.1) is 6.61 Å². The van der Waals surface area contributed by atoms with E-state index < -0.39 is 11.5 Å². The van der Waals surface area contributed by atoms with Gasteiger partial charge in [0.15, 0.2) is 0 Å². The molecule has 2 aromatic carbocycles. The molecule has 2 aromatic rings. The summed E-state index contributed by atoms with van der Waals surface area (Å²) < 4.78 is 5.70. The molecule has 1 saturated heterocycles. The Morgan fingerprint density at radius 3 is 2.44 bits per heavy atom. The maximum absolute atomic E-state index is 12.0. The van der Waals surface area contributed by atoms with Crippen LogP contribution in [0.2, 0.25) is 0 Å². The predicted octanol–water partition coefficient (Wildman–Crippen LogP) is 3.66. The molecule has 0 unspecified atom stereocenters. The number of benzene rings is 2. The van der Waals surface area contributed by atoms with Gasteiger partial charge < -0.3 is 20.1 Å². The summed E-state index contributed by atoms with van der Waals surface area (Å²) in [6, 6.07) is 17.7. The van der Waals surface area contributed by atoms with E-state index in [1.165, 1.54) is 5.56 Å². The fraction of sp³-hybridized carbons (Fsp3) is 0.409. The number of nitrogens with zero attached hydrogens (tertiary/aromatic N) is 1. The molecule has 1 heterocycles. The van der Waals surface area contributed by atoms with Crippen LogP contribution in [-0.2, 0) is 11.2 Å². The molecule has 0 aromatic heterocycles. The number of nitrogens with one attached hydrogen (secondary N) is 1. The number of carboxylic acids is 1. The summed E-state index contributed by atoms with van der Waals surface area (Å²) in [7, 11) is 0. The zero-order valence-electron chi connectivity index (χ0n) is 15.9. The second-order valence-electron chi connectivity index (χ2n) is 7.01. The smallest absolute Gasteiger partial charge is 0.329 e. The third-order valence-corrected chi connectivity index (χ3v) is 5.25. The Morgan fingerprint density at radius 1 is 1.11 bits per heavy atom. The Balaban J connectivity index is 1.58. The molecule has 1 aliphatic rings. The zero-order chi connectivity index (χ0) is 19.1. The van der Waals surface area contributed by atoms with Crippen molar-refractivity contribution in [2.75, 3.05) is 31.6 Å². The third-order valence-electron chi connectivity index (χ3n) is 5.25. The number of carbonyl (C=O) groups is 1. The van der Waals surface area contributed by atoms with E-state index in [0.717, 1.165) is 37.5 Å². The highest BCUT2D eigenvalue weighted by Crippen LogP contribution is 2.28. The lowest BCUT2D eigenvalue weighted by Gasteiger charge is -2.40. The van der Waals surface area contributed by atoms with E-state index in [0.29, 0.717) is 19.4 Å². The highest BCUT2D eigenvalue weighted by molar-refractivity contribution is 5.83. The number of aliphatic carboxylic acids is 1. The number of piperidine rings is 1. The first-order valence-electron chi connectivity index (χ1n) is 9.63. The van der Waals surface area contributed by atoms with E-state index in [4.69, 9.17) is 4.74 Å². The van der Waals surface area contributed by atoms with Crippen molar-refractivity contribution in [3.63, 3.8) is 0 Å². The molecule has 0 radical (unpaired) electrons. The minimum absolute atomic E-state index is 0.588. The Labute approximate surface area is 161 Å². The zero-order valence-corrected chi connectivity index (χ0v) is 15.9. The Morgan fingerprint density at radius 2 is 1.78 bits per heavy atom. The van der Waals surface area contributed by atoms with Crippen molar-refractivity contribution in [3.05, 3.63) is 60.2 Å². The molecule has 1 fully saturated rings. The molecule has 144 valence electrons. The SMILES string of the molecule is CCOc1ccccc1CCN1CCC(Nc2ccccc2)(C(=O)O)CC1. The molecule has 3 rings (SSSR count). The Bertz CT molecular complexity index is 740. The summed E-state index contributed by atoms with van der Waals surface area (Å²) in [6.07, 6.45) is 2.08. The van der Waals surface area contributed by atoms with Crippen LogP contribution in [0.3, 0.4) is 0 Å². The van der Waals surface area contributed by atoms with E-state index in [1.807, 2.05) is 55.5 Å².